The van der Waals surface area contributed by atoms with Gasteiger partial charge in [0, 0.05) is 11.0 Å². The fourth-order valence-corrected chi connectivity index (χ4v) is 1.60. The monoisotopic (exact) mass is 179 g/mol. The van der Waals surface area contributed by atoms with Crippen LogP contribution in [0.5, 0.6) is 0 Å². The van der Waals surface area contributed by atoms with E-state index in [1.165, 1.54) is 0 Å². The molecular formula is C7H17NO2S. The molecule has 0 saturated heterocycles. The second kappa shape index (κ2) is 6.91. The third-order valence-electron chi connectivity index (χ3n) is 1.36. The molecule has 2 unspecified atom stereocenters. The van der Waals surface area contributed by atoms with Crippen LogP contribution in [0.4, 0.5) is 0 Å². The Hall–Kier alpha value is 0.230. The fraction of sp³-hybridized carbons (Fsp3) is 1.00. The lowest BCUT2D eigenvalue weighted by atomic mass is 10.3. The van der Waals surface area contributed by atoms with Crippen LogP contribution >= 0.6 is 11.8 Å². The Balaban J connectivity index is 3.22. The topological polar surface area (TPSA) is 66.5 Å². The van der Waals surface area contributed by atoms with Gasteiger partial charge in [-0.1, -0.05) is 6.92 Å². The van der Waals surface area contributed by atoms with Gasteiger partial charge in [-0.3, -0.25) is 0 Å². The van der Waals surface area contributed by atoms with Crippen molar-refractivity contribution in [3.63, 3.8) is 0 Å². The van der Waals surface area contributed by atoms with Crippen molar-refractivity contribution in [1.82, 2.24) is 0 Å². The van der Waals surface area contributed by atoms with Gasteiger partial charge in [0.1, 0.15) is 0 Å². The number of aliphatic hydroxyl groups is 2. The molecule has 0 aromatic rings. The van der Waals surface area contributed by atoms with Gasteiger partial charge in [0.15, 0.2) is 0 Å². The zero-order valence-corrected chi connectivity index (χ0v) is 7.68. The van der Waals surface area contributed by atoms with E-state index in [0.29, 0.717) is 17.5 Å². The first kappa shape index (κ1) is 11.2. The van der Waals surface area contributed by atoms with Crippen molar-refractivity contribution in [3.8, 4) is 0 Å². The Morgan fingerprint density at radius 1 is 1.55 bits per heavy atom. The Labute approximate surface area is 72.0 Å². The predicted molar refractivity (Wildman–Crippen MR) is 48.7 cm³/mol. The van der Waals surface area contributed by atoms with Crippen molar-refractivity contribution in [2.45, 2.75) is 24.7 Å². The van der Waals surface area contributed by atoms with E-state index < -0.39 is 6.10 Å². The molecule has 0 heterocycles. The van der Waals surface area contributed by atoms with Crippen LogP contribution in [0, 0.1) is 0 Å². The van der Waals surface area contributed by atoms with Crippen molar-refractivity contribution in [2.75, 3.05) is 18.9 Å². The number of aliphatic hydroxyl groups excluding tert-OH is 2. The van der Waals surface area contributed by atoms with Crippen LogP contribution in [0.15, 0.2) is 0 Å². The molecule has 4 N–H and O–H groups in total. The quantitative estimate of drug-likeness (QED) is 0.529. The summed E-state index contributed by atoms with van der Waals surface area (Å²) in [5.74, 6) is 0.595. The van der Waals surface area contributed by atoms with Crippen molar-refractivity contribution < 1.29 is 10.2 Å². The molecule has 0 saturated carbocycles. The third kappa shape index (κ3) is 6.62. The van der Waals surface area contributed by atoms with E-state index in [-0.39, 0.29) is 6.61 Å². The Kier molecular flexibility index (Phi) is 7.06. The molecule has 0 fully saturated rings. The molecular weight excluding hydrogens is 162 g/mol. The average Bonchev–Trinajstić information content (AvgIpc) is 2.01. The lowest BCUT2D eigenvalue weighted by molar-refractivity contribution is 0.113. The molecule has 4 heteroatoms. The van der Waals surface area contributed by atoms with Crippen LogP contribution in [-0.4, -0.2) is 40.5 Å². The summed E-state index contributed by atoms with van der Waals surface area (Å²) in [5, 5.41) is 17.9. The maximum absolute atomic E-state index is 8.97. The number of thioether (sulfide) groups is 1. The Bertz CT molecular complexity index is 92.5. The number of rotatable bonds is 6. The summed E-state index contributed by atoms with van der Waals surface area (Å²) in [6.45, 7) is 2.60. The van der Waals surface area contributed by atoms with Gasteiger partial charge >= 0.3 is 0 Å². The van der Waals surface area contributed by atoms with E-state index in [2.05, 4.69) is 6.92 Å². The summed E-state index contributed by atoms with van der Waals surface area (Å²) in [6.07, 6.45) is 0.378. The Morgan fingerprint density at radius 3 is 2.64 bits per heavy atom. The lowest BCUT2D eigenvalue weighted by Crippen LogP contribution is -2.17. The highest BCUT2D eigenvalue weighted by molar-refractivity contribution is 7.99. The predicted octanol–water partition coefficient (Wildman–Crippen LogP) is -0.190. The normalized spacial score (nSPS) is 16.4. The molecule has 0 amide bonds. The third-order valence-corrected chi connectivity index (χ3v) is 2.74. The molecule has 0 aromatic carbocycles. The minimum atomic E-state index is -0.583. The van der Waals surface area contributed by atoms with E-state index in [4.69, 9.17) is 15.9 Å². The minimum absolute atomic E-state index is 0.150. The molecule has 0 aliphatic heterocycles. The van der Waals surface area contributed by atoms with E-state index in [0.717, 1.165) is 6.42 Å². The maximum atomic E-state index is 8.97. The lowest BCUT2D eigenvalue weighted by Gasteiger charge is -2.11. The highest BCUT2D eigenvalue weighted by Crippen LogP contribution is 2.13. The minimum Gasteiger partial charge on any atom is -0.394 e. The van der Waals surface area contributed by atoms with E-state index in [1.54, 1.807) is 11.8 Å². The molecule has 0 spiro atoms. The molecule has 0 aromatic heterocycles. The summed E-state index contributed by atoms with van der Waals surface area (Å²) >= 11 is 1.64. The molecule has 0 bridgehead atoms. The van der Waals surface area contributed by atoms with Gasteiger partial charge < -0.3 is 15.9 Å². The summed E-state index contributed by atoms with van der Waals surface area (Å²) in [7, 11) is 0. The average molecular weight is 179 g/mol. The first-order valence-corrected chi connectivity index (χ1v) is 4.86. The fourth-order valence-electron chi connectivity index (χ4n) is 0.646. The van der Waals surface area contributed by atoms with Crippen LogP contribution < -0.4 is 5.73 Å². The zero-order chi connectivity index (χ0) is 8.69. The van der Waals surface area contributed by atoms with Gasteiger partial charge in [-0.15, -0.1) is 0 Å². The summed E-state index contributed by atoms with van der Waals surface area (Å²) < 4.78 is 0. The molecule has 3 nitrogen and oxygen atoms in total. The Morgan fingerprint density at radius 2 is 2.18 bits per heavy atom. The largest absolute Gasteiger partial charge is 0.394 e. The van der Waals surface area contributed by atoms with E-state index in [1.807, 2.05) is 0 Å². The van der Waals surface area contributed by atoms with E-state index >= 15 is 0 Å². The van der Waals surface area contributed by atoms with Crippen LogP contribution in [0.1, 0.15) is 13.3 Å². The van der Waals surface area contributed by atoms with Gasteiger partial charge in [0.25, 0.3) is 0 Å². The summed E-state index contributed by atoms with van der Waals surface area (Å²) in [5.41, 5.74) is 5.34. The molecule has 2 atom stereocenters. The van der Waals surface area contributed by atoms with Crippen molar-refractivity contribution in [1.29, 1.82) is 0 Å². The van der Waals surface area contributed by atoms with Gasteiger partial charge in [-0.2, -0.15) is 11.8 Å². The van der Waals surface area contributed by atoms with Crippen LogP contribution in [-0.2, 0) is 0 Å². The first-order valence-electron chi connectivity index (χ1n) is 3.81. The second-order valence-electron chi connectivity index (χ2n) is 2.56. The molecule has 0 radical (unpaired) electrons. The second-order valence-corrected chi connectivity index (χ2v) is 4.03. The standard InChI is InChI=1S/C7H17NO2S/c1-6(2-3-8)11-5-7(10)4-9/h6-7,9-10H,2-5,8H2,1H3. The van der Waals surface area contributed by atoms with Gasteiger partial charge in [0.05, 0.1) is 12.7 Å². The van der Waals surface area contributed by atoms with Crippen molar-refractivity contribution >= 4 is 11.8 Å². The highest BCUT2D eigenvalue weighted by atomic mass is 32.2. The zero-order valence-electron chi connectivity index (χ0n) is 6.86. The SMILES string of the molecule is CC(CCN)SCC(O)CO. The molecule has 0 rings (SSSR count). The first-order chi connectivity index (χ1) is 5.20. The van der Waals surface area contributed by atoms with Crippen LogP contribution in [0.2, 0.25) is 0 Å². The molecule has 0 aliphatic rings. The van der Waals surface area contributed by atoms with Crippen LogP contribution in [0.25, 0.3) is 0 Å². The van der Waals surface area contributed by atoms with E-state index in [9.17, 15) is 0 Å². The molecule has 68 valence electrons. The van der Waals surface area contributed by atoms with Crippen LogP contribution in [0.3, 0.4) is 0 Å². The van der Waals surface area contributed by atoms with Gasteiger partial charge in [0.2, 0.25) is 0 Å². The van der Waals surface area contributed by atoms with Gasteiger partial charge in [-0.05, 0) is 13.0 Å². The van der Waals surface area contributed by atoms with Gasteiger partial charge in [-0.25, -0.2) is 0 Å². The summed E-state index contributed by atoms with van der Waals surface area (Å²) in [4.78, 5) is 0. The molecule has 0 aliphatic carbocycles. The maximum Gasteiger partial charge on any atom is 0.0861 e. The van der Waals surface area contributed by atoms with Crippen molar-refractivity contribution in [3.05, 3.63) is 0 Å². The summed E-state index contributed by atoms with van der Waals surface area (Å²) in [6, 6.07) is 0. The number of hydrogen-bond acceptors (Lipinski definition) is 4. The smallest absolute Gasteiger partial charge is 0.0861 e. The number of nitrogens with two attached hydrogens (primary N) is 1. The highest BCUT2D eigenvalue weighted by Gasteiger charge is 2.05. The number of hydrogen-bond donors (Lipinski definition) is 3. The van der Waals surface area contributed by atoms with Crippen molar-refractivity contribution in [2.24, 2.45) is 5.73 Å². The molecule has 11 heavy (non-hydrogen) atoms.